The van der Waals surface area contributed by atoms with Crippen molar-refractivity contribution >= 4 is 40.7 Å². The summed E-state index contributed by atoms with van der Waals surface area (Å²) in [5.74, 6) is 0.833. The molecule has 0 N–H and O–H groups in total. The number of furan rings is 1. The third kappa shape index (κ3) is 4.59. The molecule has 0 atom stereocenters. The molecule has 0 amide bonds. The normalized spacial score (nSPS) is 11.1. The van der Waals surface area contributed by atoms with Crippen LogP contribution in [0.25, 0.3) is 6.08 Å². The summed E-state index contributed by atoms with van der Waals surface area (Å²) in [6.45, 7) is 0.144. The second kappa shape index (κ2) is 8.28. The Labute approximate surface area is 169 Å². The van der Waals surface area contributed by atoms with Gasteiger partial charge in [-0.05, 0) is 36.4 Å². The zero-order valence-corrected chi connectivity index (χ0v) is 16.0. The van der Waals surface area contributed by atoms with E-state index in [1.807, 2.05) is 0 Å². The van der Waals surface area contributed by atoms with E-state index >= 15 is 0 Å². The quantitative estimate of drug-likeness (QED) is 0.237. The molecule has 10 heteroatoms. The number of allylic oxidation sites excluding steroid dienone is 1. The molecule has 0 unspecified atom stereocenters. The molecule has 0 aliphatic carbocycles. The molecular weight excluding hydrogens is 409 g/mol. The fourth-order valence-corrected chi connectivity index (χ4v) is 2.59. The lowest BCUT2D eigenvalue weighted by molar-refractivity contribution is -0.385. The molecule has 0 fully saturated rings. The lowest BCUT2D eigenvalue weighted by Crippen LogP contribution is -2.00. The van der Waals surface area contributed by atoms with E-state index in [0.717, 1.165) is 6.08 Å². The molecule has 8 nitrogen and oxygen atoms in total. The predicted octanol–water partition coefficient (Wildman–Crippen LogP) is 4.70. The minimum Gasteiger partial charge on any atom is -0.486 e. The molecule has 144 valence electrons. The third-order valence-electron chi connectivity index (χ3n) is 3.59. The number of rotatable bonds is 7. The summed E-state index contributed by atoms with van der Waals surface area (Å²) < 4.78 is 12.3. The van der Waals surface area contributed by atoms with Gasteiger partial charge in [-0.15, -0.1) is 0 Å². The van der Waals surface area contributed by atoms with Crippen molar-refractivity contribution in [1.82, 2.24) is 9.78 Å². The smallest absolute Gasteiger partial charge is 0.318 e. The van der Waals surface area contributed by atoms with Crippen molar-refractivity contribution in [3.05, 3.63) is 80.0 Å². The van der Waals surface area contributed by atoms with E-state index in [1.165, 1.54) is 24.0 Å². The molecule has 0 radical (unpaired) electrons. The summed E-state index contributed by atoms with van der Waals surface area (Å²) in [5.41, 5.74) is -0.592. The fraction of sp³-hybridized carbons (Fsp3) is 0.111. The SMILES string of the molecule is Cn1cc([N+](=O)[O-])c(C(=O)/C=C/c2ccc(COc3ccc(Cl)c(Cl)c3)o2)n1. The maximum absolute atomic E-state index is 12.2. The van der Waals surface area contributed by atoms with Crippen LogP contribution in [0.4, 0.5) is 5.69 Å². The molecule has 2 heterocycles. The highest BCUT2D eigenvalue weighted by molar-refractivity contribution is 6.42. The number of ether oxygens (including phenoxy) is 1. The first-order valence-electron chi connectivity index (χ1n) is 7.90. The van der Waals surface area contributed by atoms with E-state index in [1.54, 1.807) is 30.3 Å². The van der Waals surface area contributed by atoms with Crippen molar-refractivity contribution in [2.24, 2.45) is 7.05 Å². The van der Waals surface area contributed by atoms with Crippen molar-refractivity contribution in [3.8, 4) is 5.75 Å². The van der Waals surface area contributed by atoms with Gasteiger partial charge in [0.05, 0.1) is 15.0 Å². The van der Waals surface area contributed by atoms with Crippen LogP contribution in [0.5, 0.6) is 5.75 Å². The average Bonchev–Trinajstić information content (AvgIpc) is 3.27. The van der Waals surface area contributed by atoms with Gasteiger partial charge in [0.2, 0.25) is 11.5 Å². The van der Waals surface area contributed by atoms with Crippen molar-refractivity contribution in [2.45, 2.75) is 6.61 Å². The van der Waals surface area contributed by atoms with Gasteiger partial charge in [0, 0.05) is 13.1 Å². The van der Waals surface area contributed by atoms with Crippen LogP contribution < -0.4 is 4.74 Å². The summed E-state index contributed by atoms with van der Waals surface area (Å²) in [5, 5.41) is 15.6. The van der Waals surface area contributed by atoms with E-state index in [-0.39, 0.29) is 18.0 Å². The number of ketones is 1. The monoisotopic (exact) mass is 421 g/mol. The number of aryl methyl sites for hydroxylation is 1. The number of benzene rings is 1. The Morgan fingerprint density at radius 1 is 1.32 bits per heavy atom. The highest BCUT2D eigenvalue weighted by Crippen LogP contribution is 2.27. The van der Waals surface area contributed by atoms with Gasteiger partial charge >= 0.3 is 5.69 Å². The number of halogens is 2. The van der Waals surface area contributed by atoms with Crippen molar-refractivity contribution in [1.29, 1.82) is 0 Å². The first-order chi connectivity index (χ1) is 13.3. The topological polar surface area (TPSA) is 100 Å². The number of aromatic nitrogens is 2. The molecule has 0 saturated heterocycles. The van der Waals surface area contributed by atoms with Crippen LogP contribution in [0.2, 0.25) is 10.0 Å². The van der Waals surface area contributed by atoms with E-state index in [2.05, 4.69) is 5.10 Å². The van der Waals surface area contributed by atoms with Crippen LogP contribution in [0.3, 0.4) is 0 Å². The molecule has 28 heavy (non-hydrogen) atoms. The number of nitro groups is 1. The van der Waals surface area contributed by atoms with Gasteiger partial charge in [-0.1, -0.05) is 23.2 Å². The van der Waals surface area contributed by atoms with Gasteiger partial charge in [0.15, 0.2) is 0 Å². The molecule has 3 aromatic rings. The predicted molar refractivity (Wildman–Crippen MR) is 103 cm³/mol. The van der Waals surface area contributed by atoms with E-state index in [9.17, 15) is 14.9 Å². The fourth-order valence-electron chi connectivity index (χ4n) is 2.30. The van der Waals surface area contributed by atoms with E-state index < -0.39 is 10.7 Å². The number of carbonyl (C=O) groups is 1. The number of carbonyl (C=O) groups excluding carboxylic acids is 1. The lowest BCUT2D eigenvalue weighted by Gasteiger charge is -2.05. The standard InChI is InChI=1S/C18H13Cl2N3O5/c1-22-9-16(23(25)26)18(21-22)17(24)7-5-11-2-3-13(28-11)10-27-12-4-6-14(19)15(20)8-12/h2-9H,10H2,1H3/b7-5+. The summed E-state index contributed by atoms with van der Waals surface area (Å²) in [6, 6.07) is 8.22. The van der Waals surface area contributed by atoms with E-state index in [0.29, 0.717) is 27.3 Å². The van der Waals surface area contributed by atoms with Crippen LogP contribution in [0, 0.1) is 10.1 Å². The Morgan fingerprint density at radius 2 is 2.11 bits per heavy atom. The van der Waals surface area contributed by atoms with Crippen molar-refractivity contribution < 1.29 is 18.9 Å². The van der Waals surface area contributed by atoms with Crippen LogP contribution in [0.15, 0.2) is 47.0 Å². The van der Waals surface area contributed by atoms with Gasteiger partial charge in [-0.2, -0.15) is 5.10 Å². The summed E-state index contributed by atoms with van der Waals surface area (Å²) in [7, 11) is 1.50. The lowest BCUT2D eigenvalue weighted by atomic mass is 10.2. The maximum Gasteiger partial charge on any atom is 0.318 e. The van der Waals surface area contributed by atoms with Crippen LogP contribution in [-0.2, 0) is 13.7 Å². The van der Waals surface area contributed by atoms with Gasteiger partial charge in [-0.3, -0.25) is 19.6 Å². The second-order valence-corrected chi connectivity index (χ2v) is 6.47. The zero-order valence-electron chi connectivity index (χ0n) is 14.5. The Bertz CT molecular complexity index is 1070. The Morgan fingerprint density at radius 3 is 2.82 bits per heavy atom. The van der Waals surface area contributed by atoms with Crippen LogP contribution >= 0.6 is 23.2 Å². The van der Waals surface area contributed by atoms with Crippen molar-refractivity contribution in [3.63, 3.8) is 0 Å². The largest absolute Gasteiger partial charge is 0.486 e. The first-order valence-corrected chi connectivity index (χ1v) is 8.66. The highest BCUT2D eigenvalue weighted by atomic mass is 35.5. The zero-order chi connectivity index (χ0) is 20.3. The minimum atomic E-state index is -0.653. The van der Waals surface area contributed by atoms with E-state index in [4.69, 9.17) is 32.4 Å². The van der Waals surface area contributed by atoms with Crippen LogP contribution in [0.1, 0.15) is 22.0 Å². The molecule has 0 bridgehead atoms. The van der Waals surface area contributed by atoms with Gasteiger partial charge in [0.25, 0.3) is 0 Å². The molecule has 1 aromatic carbocycles. The summed E-state index contributed by atoms with van der Waals surface area (Å²) >= 11 is 11.8. The number of hydrogen-bond donors (Lipinski definition) is 0. The first kappa shape index (κ1) is 19.7. The average molecular weight is 422 g/mol. The second-order valence-electron chi connectivity index (χ2n) is 5.66. The molecule has 0 saturated carbocycles. The van der Waals surface area contributed by atoms with Crippen LogP contribution in [-0.4, -0.2) is 20.5 Å². The minimum absolute atomic E-state index is 0.144. The van der Waals surface area contributed by atoms with Gasteiger partial charge in [-0.25, -0.2) is 0 Å². The van der Waals surface area contributed by atoms with Gasteiger partial charge in [0.1, 0.15) is 30.1 Å². The molecule has 2 aromatic heterocycles. The summed E-state index contributed by atoms with van der Waals surface area (Å²) in [6.07, 6.45) is 3.74. The Hall–Kier alpha value is -3.10. The molecule has 0 spiro atoms. The number of nitrogens with zero attached hydrogens (tertiary/aromatic N) is 3. The molecule has 0 aliphatic rings. The Kier molecular flexibility index (Phi) is 5.81. The molecule has 3 rings (SSSR count). The van der Waals surface area contributed by atoms with Crippen molar-refractivity contribution in [2.75, 3.05) is 0 Å². The Balaban J connectivity index is 1.64. The highest BCUT2D eigenvalue weighted by Gasteiger charge is 2.23. The number of hydrogen-bond acceptors (Lipinski definition) is 6. The maximum atomic E-state index is 12.2. The summed E-state index contributed by atoms with van der Waals surface area (Å²) in [4.78, 5) is 22.5. The molecular formula is C18H13Cl2N3O5. The third-order valence-corrected chi connectivity index (χ3v) is 4.33. The molecule has 0 aliphatic heterocycles. The van der Waals surface area contributed by atoms with Gasteiger partial charge < -0.3 is 9.15 Å².